The number of nitrogens with one attached hydrogen (secondary N) is 3. The van der Waals surface area contributed by atoms with E-state index in [1.54, 1.807) is 12.4 Å². The number of imidazole rings is 1. The molecule has 4 aromatic rings. The number of carbonyl (C=O) groups excluding carboxylic acids is 1. The van der Waals surface area contributed by atoms with Gasteiger partial charge in [0, 0.05) is 6.42 Å². The van der Waals surface area contributed by atoms with Crippen LogP contribution in [0, 0.1) is 34.6 Å². The van der Waals surface area contributed by atoms with Crippen molar-refractivity contribution < 1.29 is 14.2 Å². The molecular formula is C22H23ClN5O2+. The molecule has 3 heterocycles. The molecule has 4 rings (SSSR count). The normalized spacial score (nSPS) is 11.3. The summed E-state index contributed by atoms with van der Waals surface area (Å²) in [4.78, 5) is 26.7. The van der Waals surface area contributed by atoms with E-state index in [4.69, 9.17) is 16.0 Å². The third-order valence-corrected chi connectivity index (χ3v) is 6.18. The van der Waals surface area contributed by atoms with Gasteiger partial charge in [-0.2, -0.15) is 4.98 Å². The minimum absolute atomic E-state index is 0.0998. The number of carbonyl (C=O) groups is 1. The van der Waals surface area contributed by atoms with Crippen LogP contribution in [0.2, 0.25) is 5.15 Å². The largest absolute Gasteiger partial charge is 0.456 e. The summed E-state index contributed by atoms with van der Waals surface area (Å²) in [5, 5.41) is 2.85. The third-order valence-electron chi connectivity index (χ3n) is 5.91. The van der Waals surface area contributed by atoms with Crippen molar-refractivity contribution in [3.8, 4) is 0 Å². The van der Waals surface area contributed by atoms with Crippen molar-refractivity contribution in [2.45, 2.75) is 41.0 Å². The summed E-state index contributed by atoms with van der Waals surface area (Å²) >= 11 is 6.12. The molecule has 3 N–H and O–H groups in total. The average molecular weight is 425 g/mol. The molecule has 0 aliphatic heterocycles. The van der Waals surface area contributed by atoms with E-state index in [0.717, 1.165) is 5.76 Å². The van der Waals surface area contributed by atoms with Gasteiger partial charge in [-0.1, -0.05) is 16.6 Å². The molecule has 0 saturated carbocycles. The maximum Gasteiger partial charge on any atom is 0.309 e. The van der Waals surface area contributed by atoms with E-state index >= 15 is 0 Å². The Balaban J connectivity index is 1.56. The SMILES string of the molecule is Cc1c(C)c(C)c(Cc2ccc(C(=O)Nc3nc(Cl)c4[nH]c[nH+]c4n3)o2)c(C)c1C. The lowest BCUT2D eigenvalue weighted by Gasteiger charge is -2.18. The number of halogens is 1. The Labute approximate surface area is 178 Å². The number of nitrogens with zero attached hydrogens (tertiary/aromatic N) is 2. The summed E-state index contributed by atoms with van der Waals surface area (Å²) in [6.45, 7) is 10.7. The molecule has 8 heteroatoms. The van der Waals surface area contributed by atoms with Gasteiger partial charge in [0.15, 0.2) is 17.2 Å². The molecule has 0 fully saturated rings. The number of hydrogen-bond donors (Lipinski definition) is 2. The van der Waals surface area contributed by atoms with Crippen LogP contribution in [-0.4, -0.2) is 20.9 Å². The standard InChI is InChI=1S/C22H22ClN5O2/c1-10-11(2)13(4)16(14(5)12(10)3)8-15-6-7-17(30-15)21(29)28-22-26-19(23)18-20(27-22)25-9-24-18/h6-7,9H,8H2,1-5H3,(H2,24,25,26,27,28,29)/p+1. The van der Waals surface area contributed by atoms with E-state index < -0.39 is 5.91 Å². The van der Waals surface area contributed by atoms with E-state index in [2.05, 4.69) is 59.9 Å². The molecule has 3 aromatic heterocycles. The second kappa shape index (κ2) is 7.57. The van der Waals surface area contributed by atoms with Crippen LogP contribution in [0.1, 0.15) is 49.7 Å². The first kappa shape index (κ1) is 20.1. The van der Waals surface area contributed by atoms with Gasteiger partial charge in [0.05, 0.1) is 0 Å². The molecule has 0 bridgehead atoms. The first-order valence-electron chi connectivity index (χ1n) is 9.64. The molecule has 30 heavy (non-hydrogen) atoms. The summed E-state index contributed by atoms with van der Waals surface area (Å²) in [6, 6.07) is 3.49. The highest BCUT2D eigenvalue weighted by molar-refractivity contribution is 6.33. The highest BCUT2D eigenvalue weighted by Crippen LogP contribution is 2.28. The van der Waals surface area contributed by atoms with Gasteiger partial charge in [0.25, 0.3) is 5.91 Å². The predicted molar refractivity (Wildman–Crippen MR) is 115 cm³/mol. The summed E-state index contributed by atoms with van der Waals surface area (Å²) in [5.41, 5.74) is 8.75. The Morgan fingerprint density at radius 1 is 1.07 bits per heavy atom. The van der Waals surface area contributed by atoms with Gasteiger partial charge in [-0.15, -0.1) is 0 Å². The smallest absolute Gasteiger partial charge is 0.309 e. The van der Waals surface area contributed by atoms with E-state index in [0.29, 0.717) is 17.6 Å². The van der Waals surface area contributed by atoms with E-state index in [-0.39, 0.29) is 16.9 Å². The fourth-order valence-electron chi connectivity index (χ4n) is 3.67. The van der Waals surface area contributed by atoms with Gasteiger partial charge in [0.2, 0.25) is 5.52 Å². The van der Waals surface area contributed by atoms with Crippen molar-refractivity contribution in [3.05, 3.63) is 68.5 Å². The Kier molecular flexibility index (Phi) is 5.07. The van der Waals surface area contributed by atoms with Crippen molar-refractivity contribution >= 4 is 34.6 Å². The molecule has 0 spiro atoms. The maximum atomic E-state index is 12.6. The lowest BCUT2D eigenvalue weighted by molar-refractivity contribution is -0.347. The topological polar surface area (TPSA) is 98.0 Å². The van der Waals surface area contributed by atoms with Crippen LogP contribution >= 0.6 is 11.6 Å². The quantitative estimate of drug-likeness (QED) is 0.474. The van der Waals surface area contributed by atoms with Gasteiger partial charge < -0.3 is 4.42 Å². The lowest BCUT2D eigenvalue weighted by atomic mass is 9.88. The van der Waals surface area contributed by atoms with E-state index in [1.807, 2.05) is 6.07 Å². The lowest BCUT2D eigenvalue weighted by Crippen LogP contribution is -2.14. The molecule has 0 atom stereocenters. The van der Waals surface area contributed by atoms with E-state index in [9.17, 15) is 4.79 Å². The van der Waals surface area contributed by atoms with Crippen LogP contribution in [0.5, 0.6) is 0 Å². The van der Waals surface area contributed by atoms with Gasteiger partial charge >= 0.3 is 11.6 Å². The van der Waals surface area contributed by atoms with Crippen LogP contribution in [0.25, 0.3) is 11.2 Å². The fraction of sp³-hybridized carbons (Fsp3) is 0.273. The van der Waals surface area contributed by atoms with Crippen LogP contribution in [0.4, 0.5) is 5.95 Å². The first-order valence-corrected chi connectivity index (χ1v) is 10.0. The molecule has 154 valence electrons. The van der Waals surface area contributed by atoms with Gasteiger partial charge in [0.1, 0.15) is 5.76 Å². The van der Waals surface area contributed by atoms with Crippen LogP contribution < -0.4 is 10.3 Å². The molecule has 1 aromatic carbocycles. The number of furan rings is 1. The number of fused-ring (bicyclic) bond motifs is 1. The second-order valence-corrected chi connectivity index (χ2v) is 7.85. The number of hydrogen-bond acceptors (Lipinski definition) is 4. The minimum atomic E-state index is -0.433. The highest BCUT2D eigenvalue weighted by atomic mass is 35.5. The third kappa shape index (κ3) is 3.45. The Morgan fingerprint density at radius 3 is 2.43 bits per heavy atom. The predicted octanol–water partition coefficient (Wildman–Crippen LogP) is 4.40. The summed E-state index contributed by atoms with van der Waals surface area (Å²) < 4.78 is 5.83. The zero-order valence-corrected chi connectivity index (χ0v) is 18.3. The summed E-state index contributed by atoms with van der Waals surface area (Å²) in [5.74, 6) is 0.584. The highest BCUT2D eigenvalue weighted by Gasteiger charge is 2.20. The number of rotatable bonds is 4. The van der Waals surface area contributed by atoms with Crippen LogP contribution in [0.15, 0.2) is 22.9 Å². The minimum Gasteiger partial charge on any atom is -0.456 e. The monoisotopic (exact) mass is 424 g/mol. The van der Waals surface area contributed by atoms with Crippen molar-refractivity contribution in [3.63, 3.8) is 0 Å². The number of amides is 1. The number of anilines is 1. The number of H-pyrrole nitrogens is 2. The van der Waals surface area contributed by atoms with Crippen molar-refractivity contribution in [1.82, 2.24) is 15.0 Å². The number of benzene rings is 1. The molecule has 0 aliphatic rings. The van der Waals surface area contributed by atoms with Crippen LogP contribution in [0.3, 0.4) is 0 Å². The molecule has 0 saturated heterocycles. The van der Waals surface area contributed by atoms with Gasteiger partial charge in [-0.25, -0.2) is 4.98 Å². The summed E-state index contributed by atoms with van der Waals surface area (Å²) in [7, 11) is 0. The zero-order chi connectivity index (χ0) is 21.6. The van der Waals surface area contributed by atoms with Crippen molar-refractivity contribution in [1.29, 1.82) is 0 Å². The Morgan fingerprint density at radius 2 is 1.73 bits per heavy atom. The molecule has 1 amide bonds. The van der Waals surface area contributed by atoms with E-state index in [1.165, 1.54) is 33.4 Å². The molecule has 7 nitrogen and oxygen atoms in total. The molecule has 0 radical (unpaired) electrons. The Bertz CT molecular complexity index is 1260. The number of aromatic nitrogens is 4. The van der Waals surface area contributed by atoms with Gasteiger partial charge in [-0.3, -0.25) is 15.1 Å². The second-order valence-electron chi connectivity index (χ2n) is 7.50. The molecular weight excluding hydrogens is 402 g/mol. The van der Waals surface area contributed by atoms with Crippen molar-refractivity contribution in [2.75, 3.05) is 5.32 Å². The Hall–Kier alpha value is -3.19. The molecule has 0 unspecified atom stereocenters. The fourth-order valence-corrected chi connectivity index (χ4v) is 3.90. The zero-order valence-electron chi connectivity index (χ0n) is 17.5. The maximum absolute atomic E-state index is 12.6. The number of aromatic amines is 2. The van der Waals surface area contributed by atoms with Crippen LogP contribution in [-0.2, 0) is 6.42 Å². The molecule has 0 aliphatic carbocycles. The van der Waals surface area contributed by atoms with Crippen molar-refractivity contribution in [2.24, 2.45) is 0 Å². The van der Waals surface area contributed by atoms with Gasteiger partial charge in [-0.05, 0) is 80.1 Å². The average Bonchev–Trinajstić information content (AvgIpc) is 3.38. The summed E-state index contributed by atoms with van der Waals surface area (Å²) in [6.07, 6.45) is 2.22. The first-order chi connectivity index (χ1) is 14.3.